The van der Waals surface area contributed by atoms with Crippen LogP contribution in [-0.4, -0.2) is 16.9 Å². The van der Waals surface area contributed by atoms with Crippen LogP contribution in [-0.2, 0) is 0 Å². The highest BCUT2D eigenvalue weighted by Crippen LogP contribution is 2.37. The van der Waals surface area contributed by atoms with Crippen molar-refractivity contribution < 1.29 is 4.79 Å². The molecule has 0 bridgehead atoms. The van der Waals surface area contributed by atoms with Crippen LogP contribution < -0.4 is 11.1 Å². The van der Waals surface area contributed by atoms with Gasteiger partial charge in [0.15, 0.2) is 0 Å². The van der Waals surface area contributed by atoms with Crippen molar-refractivity contribution in [3.63, 3.8) is 0 Å². The molecule has 17 heavy (non-hydrogen) atoms. The molecule has 1 amide bonds. The Morgan fingerprint density at radius 1 is 1.59 bits per heavy atom. The number of rotatable bonds is 2. The Bertz CT molecular complexity index is 428. The highest BCUT2D eigenvalue weighted by Gasteiger charge is 2.31. The molecule has 0 aromatic carbocycles. The number of nitrogens with zero attached hydrogens (tertiary/aromatic N) is 1. The summed E-state index contributed by atoms with van der Waals surface area (Å²) in [6.45, 7) is 4.47. The van der Waals surface area contributed by atoms with Crippen molar-refractivity contribution in [3.8, 4) is 0 Å². The summed E-state index contributed by atoms with van der Waals surface area (Å²) in [6, 6.07) is 1.93. The van der Waals surface area contributed by atoms with E-state index < -0.39 is 0 Å². The number of nitrogen functional groups attached to an aromatic ring is 1. The fraction of sp³-hybridized carbons (Fsp3) is 0.538. The predicted octanol–water partition coefficient (Wildman–Crippen LogP) is 1.97. The molecule has 1 heterocycles. The fourth-order valence-corrected chi connectivity index (χ4v) is 2.44. The Labute approximate surface area is 102 Å². The standard InChI is InChI=1S/C13H19N3O/c1-13(2)5-3-9(7-13)16-12(17)10-4-6-15-8-11(10)14/h4,6,8-9H,3,5,7,14H2,1-2H3,(H,16,17). The number of nitrogens with one attached hydrogen (secondary N) is 1. The molecule has 1 aliphatic carbocycles. The molecule has 2 rings (SSSR count). The van der Waals surface area contributed by atoms with Gasteiger partial charge < -0.3 is 11.1 Å². The average Bonchev–Trinajstić information content (AvgIpc) is 2.58. The summed E-state index contributed by atoms with van der Waals surface area (Å²) in [6.07, 6.45) is 6.33. The monoisotopic (exact) mass is 233 g/mol. The van der Waals surface area contributed by atoms with Crippen LogP contribution >= 0.6 is 0 Å². The van der Waals surface area contributed by atoms with E-state index in [-0.39, 0.29) is 11.9 Å². The van der Waals surface area contributed by atoms with Gasteiger partial charge >= 0.3 is 0 Å². The lowest BCUT2D eigenvalue weighted by molar-refractivity contribution is 0.0937. The van der Waals surface area contributed by atoms with Crippen molar-refractivity contribution in [2.75, 3.05) is 5.73 Å². The first-order chi connectivity index (χ1) is 7.98. The molecule has 1 saturated carbocycles. The second-order valence-corrected chi connectivity index (χ2v) is 5.54. The SMILES string of the molecule is CC1(C)CCC(NC(=O)c2ccncc2N)C1. The lowest BCUT2D eigenvalue weighted by Gasteiger charge is -2.18. The van der Waals surface area contributed by atoms with Crippen molar-refractivity contribution in [2.24, 2.45) is 5.41 Å². The third-order valence-electron chi connectivity index (χ3n) is 3.40. The second-order valence-electron chi connectivity index (χ2n) is 5.54. The Morgan fingerprint density at radius 3 is 2.94 bits per heavy atom. The quantitative estimate of drug-likeness (QED) is 0.820. The van der Waals surface area contributed by atoms with Gasteiger partial charge in [0, 0.05) is 12.2 Å². The lowest BCUT2D eigenvalue weighted by Crippen LogP contribution is -2.33. The molecule has 0 radical (unpaired) electrons. The minimum atomic E-state index is -0.0902. The molecule has 1 aliphatic rings. The highest BCUT2D eigenvalue weighted by atomic mass is 16.1. The molecule has 1 aromatic rings. The highest BCUT2D eigenvalue weighted by molar-refractivity contribution is 5.99. The summed E-state index contributed by atoms with van der Waals surface area (Å²) in [5.74, 6) is -0.0902. The Hall–Kier alpha value is -1.58. The predicted molar refractivity (Wildman–Crippen MR) is 67.5 cm³/mol. The van der Waals surface area contributed by atoms with Gasteiger partial charge in [0.1, 0.15) is 0 Å². The van der Waals surface area contributed by atoms with Gasteiger partial charge in [-0.15, -0.1) is 0 Å². The van der Waals surface area contributed by atoms with E-state index in [1.54, 1.807) is 12.3 Å². The van der Waals surface area contributed by atoms with Gasteiger partial charge in [0.2, 0.25) is 0 Å². The van der Waals surface area contributed by atoms with E-state index in [4.69, 9.17) is 5.73 Å². The summed E-state index contributed by atoms with van der Waals surface area (Å²) in [5.41, 5.74) is 7.01. The normalized spacial score (nSPS) is 22.4. The van der Waals surface area contributed by atoms with Crippen molar-refractivity contribution in [1.29, 1.82) is 0 Å². The first kappa shape index (κ1) is 11.9. The number of hydrogen-bond donors (Lipinski definition) is 2. The maximum atomic E-state index is 12.0. The van der Waals surface area contributed by atoms with Crippen LogP contribution in [0.4, 0.5) is 5.69 Å². The molecule has 4 nitrogen and oxygen atoms in total. The van der Waals surface area contributed by atoms with Crippen molar-refractivity contribution in [2.45, 2.75) is 39.2 Å². The lowest BCUT2D eigenvalue weighted by atomic mass is 9.92. The molecule has 4 heteroatoms. The summed E-state index contributed by atoms with van der Waals surface area (Å²) < 4.78 is 0. The minimum Gasteiger partial charge on any atom is -0.397 e. The first-order valence-electron chi connectivity index (χ1n) is 5.98. The number of carbonyl (C=O) groups excluding carboxylic acids is 1. The van der Waals surface area contributed by atoms with Gasteiger partial charge in [0.05, 0.1) is 17.4 Å². The summed E-state index contributed by atoms with van der Waals surface area (Å²) >= 11 is 0. The average molecular weight is 233 g/mol. The molecule has 0 spiro atoms. The van der Waals surface area contributed by atoms with Crippen LogP contribution in [0.3, 0.4) is 0 Å². The second kappa shape index (κ2) is 4.35. The number of hydrogen-bond acceptors (Lipinski definition) is 3. The van der Waals surface area contributed by atoms with Gasteiger partial charge in [-0.25, -0.2) is 0 Å². The summed E-state index contributed by atoms with van der Waals surface area (Å²) in [5, 5.41) is 3.04. The largest absolute Gasteiger partial charge is 0.397 e. The van der Waals surface area contributed by atoms with E-state index in [2.05, 4.69) is 24.1 Å². The van der Waals surface area contributed by atoms with E-state index >= 15 is 0 Å². The molecule has 1 atom stereocenters. The number of amides is 1. The minimum absolute atomic E-state index is 0.0902. The van der Waals surface area contributed by atoms with Gasteiger partial charge in [-0.3, -0.25) is 9.78 Å². The van der Waals surface area contributed by atoms with E-state index in [0.29, 0.717) is 16.7 Å². The number of carbonyl (C=O) groups is 1. The summed E-state index contributed by atoms with van der Waals surface area (Å²) in [7, 11) is 0. The zero-order valence-electron chi connectivity index (χ0n) is 10.4. The van der Waals surface area contributed by atoms with E-state index in [1.807, 2.05) is 0 Å². The van der Waals surface area contributed by atoms with Crippen LogP contribution in [0.5, 0.6) is 0 Å². The maximum absolute atomic E-state index is 12.0. The molecule has 0 saturated heterocycles. The smallest absolute Gasteiger partial charge is 0.253 e. The topological polar surface area (TPSA) is 68.0 Å². The number of pyridine rings is 1. The number of nitrogens with two attached hydrogens (primary N) is 1. The fourth-order valence-electron chi connectivity index (χ4n) is 2.44. The van der Waals surface area contributed by atoms with Crippen molar-refractivity contribution in [1.82, 2.24) is 10.3 Å². The first-order valence-corrected chi connectivity index (χ1v) is 5.98. The Morgan fingerprint density at radius 2 is 2.35 bits per heavy atom. The Kier molecular flexibility index (Phi) is 3.05. The van der Waals surface area contributed by atoms with Crippen LogP contribution in [0.2, 0.25) is 0 Å². The van der Waals surface area contributed by atoms with Crippen LogP contribution in [0.15, 0.2) is 18.5 Å². The van der Waals surface area contributed by atoms with E-state index in [9.17, 15) is 4.79 Å². The molecule has 1 fully saturated rings. The van der Waals surface area contributed by atoms with Crippen molar-refractivity contribution >= 4 is 11.6 Å². The molecule has 3 N–H and O–H groups in total. The zero-order chi connectivity index (χ0) is 12.5. The summed E-state index contributed by atoms with van der Waals surface area (Å²) in [4.78, 5) is 15.9. The molecular formula is C13H19N3O. The van der Waals surface area contributed by atoms with E-state index in [1.165, 1.54) is 6.20 Å². The number of aromatic nitrogens is 1. The van der Waals surface area contributed by atoms with Crippen LogP contribution in [0.1, 0.15) is 43.5 Å². The molecule has 0 aliphatic heterocycles. The van der Waals surface area contributed by atoms with Gasteiger partial charge in [0.25, 0.3) is 5.91 Å². The van der Waals surface area contributed by atoms with E-state index in [0.717, 1.165) is 19.3 Å². The molecular weight excluding hydrogens is 214 g/mol. The third-order valence-corrected chi connectivity index (χ3v) is 3.40. The van der Waals surface area contributed by atoms with Gasteiger partial charge in [-0.2, -0.15) is 0 Å². The number of anilines is 1. The van der Waals surface area contributed by atoms with Crippen LogP contribution in [0.25, 0.3) is 0 Å². The maximum Gasteiger partial charge on any atom is 0.253 e. The van der Waals surface area contributed by atoms with Crippen LogP contribution in [0, 0.1) is 5.41 Å². The third kappa shape index (κ3) is 2.75. The van der Waals surface area contributed by atoms with Crippen molar-refractivity contribution in [3.05, 3.63) is 24.0 Å². The van der Waals surface area contributed by atoms with Gasteiger partial charge in [-0.1, -0.05) is 13.8 Å². The molecule has 1 unspecified atom stereocenters. The zero-order valence-corrected chi connectivity index (χ0v) is 10.4. The molecule has 92 valence electrons. The molecule has 1 aromatic heterocycles. The Balaban J connectivity index is 2.01. The van der Waals surface area contributed by atoms with Gasteiger partial charge in [-0.05, 0) is 30.7 Å².